The van der Waals surface area contributed by atoms with Crippen LogP contribution in [0.3, 0.4) is 0 Å². The fourth-order valence-corrected chi connectivity index (χ4v) is 11.4. The highest BCUT2D eigenvalue weighted by Gasteiger charge is 2.65. The number of methoxy groups -OCH3 is 1. The lowest BCUT2D eigenvalue weighted by Gasteiger charge is -2.60. The largest absolute Gasteiger partial charge is 0.390 e. The van der Waals surface area contributed by atoms with Gasteiger partial charge in [0.1, 0.15) is 24.4 Å². The summed E-state index contributed by atoms with van der Waals surface area (Å²) < 4.78 is 31.3. The molecule has 3 heterocycles. The molecule has 0 aromatic rings. The highest BCUT2D eigenvalue weighted by Crippen LogP contribution is 2.67. The number of aliphatic hydroxyl groups is 4. The average Bonchev–Trinajstić information content (AvgIpc) is 3.37. The van der Waals surface area contributed by atoms with Gasteiger partial charge in [-0.05, 0) is 108 Å². The van der Waals surface area contributed by atoms with Crippen molar-refractivity contribution in [2.75, 3.05) is 13.7 Å². The van der Waals surface area contributed by atoms with Gasteiger partial charge in [-0.2, -0.15) is 0 Å². The molecule has 3 aliphatic carbocycles. The topological polar surface area (TPSA) is 156 Å². The predicted molar refractivity (Wildman–Crippen MR) is 186 cm³/mol. The Bertz CT molecular complexity index is 1280. The highest BCUT2D eigenvalue weighted by atomic mass is 16.7. The van der Waals surface area contributed by atoms with Gasteiger partial charge in [-0.1, -0.05) is 32.4 Å². The predicted octanol–water partition coefficient (Wildman–Crippen LogP) is 3.78. The summed E-state index contributed by atoms with van der Waals surface area (Å²) in [5.74, 6) is 0.485. The number of fused-ring (bicyclic) bond motifs is 4. The van der Waals surface area contributed by atoms with Gasteiger partial charge in [-0.15, -0.1) is 0 Å². The van der Waals surface area contributed by atoms with Crippen LogP contribution in [0.2, 0.25) is 0 Å². The molecule has 1 amide bonds. The Hall–Kier alpha value is -1.15. The van der Waals surface area contributed by atoms with Gasteiger partial charge in [-0.25, -0.2) is 0 Å². The van der Waals surface area contributed by atoms with Crippen LogP contribution in [-0.4, -0.2) is 112 Å². The number of nitrogens with one attached hydrogen (secondary N) is 1. The first-order chi connectivity index (χ1) is 23.2. The van der Waals surface area contributed by atoms with E-state index in [-0.39, 0.29) is 53.2 Å². The summed E-state index contributed by atoms with van der Waals surface area (Å²) in [4.78, 5) is 12.0. The molecule has 15 atom stereocenters. The maximum absolute atomic E-state index is 12.0. The zero-order valence-corrected chi connectivity index (χ0v) is 31.8. The van der Waals surface area contributed by atoms with Crippen molar-refractivity contribution >= 4 is 5.91 Å². The van der Waals surface area contributed by atoms with E-state index in [1.165, 1.54) is 19.6 Å². The van der Waals surface area contributed by atoms with Gasteiger partial charge in [0, 0.05) is 19.4 Å². The summed E-state index contributed by atoms with van der Waals surface area (Å²) in [6.07, 6.45) is 5.08. The molecule has 11 heteroatoms. The third-order valence-corrected chi connectivity index (χ3v) is 14.1. The molecule has 6 aliphatic rings. The van der Waals surface area contributed by atoms with Gasteiger partial charge in [-0.3, -0.25) is 4.79 Å². The van der Waals surface area contributed by atoms with Gasteiger partial charge in [0.05, 0.1) is 48.3 Å². The van der Waals surface area contributed by atoms with E-state index in [1.807, 2.05) is 27.7 Å². The second-order valence-electron chi connectivity index (χ2n) is 18.5. The molecule has 5 fully saturated rings. The Balaban J connectivity index is 1.15. The van der Waals surface area contributed by atoms with E-state index in [0.29, 0.717) is 18.3 Å². The molecule has 286 valence electrons. The minimum Gasteiger partial charge on any atom is -0.390 e. The molecule has 0 spiro atoms. The number of aliphatic hydroxyl groups excluding tert-OH is 3. The molecular formula is C39H65NO10. The summed E-state index contributed by atoms with van der Waals surface area (Å²) >= 11 is 0. The van der Waals surface area contributed by atoms with Crippen molar-refractivity contribution in [2.24, 2.45) is 28.1 Å². The van der Waals surface area contributed by atoms with E-state index < -0.39 is 47.9 Å². The average molecular weight is 708 g/mol. The van der Waals surface area contributed by atoms with Crippen LogP contribution in [0.25, 0.3) is 0 Å². The number of hydrogen-bond donors (Lipinski definition) is 5. The van der Waals surface area contributed by atoms with E-state index in [0.717, 1.165) is 51.4 Å². The quantitative estimate of drug-likeness (QED) is 0.236. The number of ether oxygens (including phenoxy) is 5. The third-order valence-electron chi connectivity index (χ3n) is 14.1. The van der Waals surface area contributed by atoms with Crippen LogP contribution in [0.4, 0.5) is 0 Å². The van der Waals surface area contributed by atoms with Crippen LogP contribution in [-0.2, 0) is 28.5 Å². The van der Waals surface area contributed by atoms with Crippen molar-refractivity contribution in [1.29, 1.82) is 0 Å². The molecule has 3 saturated heterocycles. The fourth-order valence-electron chi connectivity index (χ4n) is 11.4. The lowest BCUT2D eigenvalue weighted by Crippen LogP contribution is -2.66. The molecule has 2 saturated carbocycles. The number of amides is 1. The van der Waals surface area contributed by atoms with Crippen LogP contribution in [0.15, 0.2) is 11.6 Å². The van der Waals surface area contributed by atoms with E-state index >= 15 is 0 Å². The Morgan fingerprint density at radius 2 is 1.64 bits per heavy atom. The summed E-state index contributed by atoms with van der Waals surface area (Å²) in [5.41, 5.74) is -0.532. The molecule has 6 rings (SSSR count). The molecule has 0 radical (unpaired) electrons. The second-order valence-corrected chi connectivity index (χ2v) is 18.5. The molecule has 3 aliphatic heterocycles. The fraction of sp³-hybridized carbons (Fsp3) is 0.923. The molecule has 5 N–H and O–H groups in total. The SMILES string of the molecule is COC[C@@H]1O[C@H](OC(C)(C)[C@@H]2CC[C@]3(C)C=C([C@@H]4CC[C@@H]5[C@]4(C)C[C@H](O)[C@@H]4O[C@H](C(C)(C)O)CC[C@@]54C)CC[C@@H]3O2)[C@H](NC(C)=O)[C@H](O)[C@@H]1O. The second kappa shape index (κ2) is 13.6. The zero-order valence-electron chi connectivity index (χ0n) is 31.8. The van der Waals surface area contributed by atoms with Crippen molar-refractivity contribution < 1.29 is 48.9 Å². The summed E-state index contributed by atoms with van der Waals surface area (Å²) in [6.45, 7) is 16.0. The van der Waals surface area contributed by atoms with Crippen LogP contribution in [0, 0.1) is 28.1 Å². The van der Waals surface area contributed by atoms with E-state index in [2.05, 4.69) is 32.2 Å². The van der Waals surface area contributed by atoms with Crippen molar-refractivity contribution in [3.63, 3.8) is 0 Å². The van der Waals surface area contributed by atoms with Gasteiger partial charge in [0.15, 0.2) is 6.29 Å². The number of carbonyl (C=O) groups is 1. The van der Waals surface area contributed by atoms with Crippen LogP contribution < -0.4 is 5.32 Å². The van der Waals surface area contributed by atoms with Crippen LogP contribution >= 0.6 is 0 Å². The Kier molecular flexibility index (Phi) is 10.5. The van der Waals surface area contributed by atoms with Gasteiger partial charge in [0.2, 0.25) is 5.91 Å². The molecule has 0 aromatic carbocycles. The maximum Gasteiger partial charge on any atom is 0.217 e. The Morgan fingerprint density at radius 3 is 2.30 bits per heavy atom. The number of carbonyl (C=O) groups excluding carboxylic acids is 1. The molecule has 0 aromatic heterocycles. The van der Waals surface area contributed by atoms with Crippen molar-refractivity contribution in [3.05, 3.63) is 11.6 Å². The van der Waals surface area contributed by atoms with E-state index in [1.54, 1.807) is 0 Å². The highest BCUT2D eigenvalue weighted by molar-refractivity contribution is 5.73. The summed E-state index contributed by atoms with van der Waals surface area (Å²) in [6, 6.07) is -0.959. The van der Waals surface area contributed by atoms with Gasteiger partial charge >= 0.3 is 0 Å². The molecular weight excluding hydrogens is 642 g/mol. The number of allylic oxidation sites excluding steroid dienone is 1. The van der Waals surface area contributed by atoms with Crippen molar-refractivity contribution in [2.45, 2.75) is 186 Å². The zero-order chi connectivity index (χ0) is 36.6. The first kappa shape index (κ1) is 38.6. The van der Waals surface area contributed by atoms with Crippen LogP contribution in [0.1, 0.15) is 113 Å². The van der Waals surface area contributed by atoms with Crippen molar-refractivity contribution in [1.82, 2.24) is 5.32 Å². The van der Waals surface area contributed by atoms with Gasteiger partial charge < -0.3 is 49.4 Å². The first-order valence-corrected chi connectivity index (χ1v) is 19.1. The standard InChI is InChI=1S/C39H65NO10/c1-21(41)40-30-32(44)31(43)25(20-46-9)47-34(30)50-36(4,5)28-14-16-37(6)18-22(10-13-29(37)48-28)23-11-12-26-38(7)17-15-27(35(2,3)45)49-33(38)24(42)19-39(23,26)8/h18,23-34,42-45H,10-17,19-20H2,1-9H3,(H,40,41)/t23-,24-,25-,26-,27-,28-,29-,30+,31+,32-,33-,34+,37+,38-,39+/m0/s1. The smallest absolute Gasteiger partial charge is 0.217 e. The Labute approximate surface area is 298 Å². The Morgan fingerprint density at radius 1 is 0.940 bits per heavy atom. The lowest BCUT2D eigenvalue weighted by atomic mass is 9.50. The number of hydrogen-bond acceptors (Lipinski definition) is 10. The molecule has 0 unspecified atom stereocenters. The molecule has 50 heavy (non-hydrogen) atoms. The minimum absolute atomic E-state index is 0.00862. The third kappa shape index (κ3) is 6.74. The normalized spacial score (nSPS) is 48.2. The lowest BCUT2D eigenvalue weighted by molar-refractivity contribution is -0.316. The molecule has 11 nitrogen and oxygen atoms in total. The van der Waals surface area contributed by atoms with E-state index in [4.69, 9.17) is 23.7 Å². The van der Waals surface area contributed by atoms with Crippen LogP contribution in [0.5, 0.6) is 0 Å². The van der Waals surface area contributed by atoms with E-state index in [9.17, 15) is 25.2 Å². The summed E-state index contributed by atoms with van der Waals surface area (Å²) in [7, 11) is 1.50. The first-order valence-electron chi connectivity index (χ1n) is 19.1. The maximum atomic E-state index is 12.0. The minimum atomic E-state index is -1.29. The number of rotatable bonds is 8. The van der Waals surface area contributed by atoms with Crippen molar-refractivity contribution in [3.8, 4) is 0 Å². The van der Waals surface area contributed by atoms with Gasteiger partial charge in [0.25, 0.3) is 0 Å². The summed E-state index contributed by atoms with van der Waals surface area (Å²) in [5, 5.41) is 46.7. The monoisotopic (exact) mass is 707 g/mol. The molecule has 0 bridgehead atoms.